The summed E-state index contributed by atoms with van der Waals surface area (Å²) in [6.07, 6.45) is 3.10. The first-order valence-electron chi connectivity index (χ1n) is 4.74. The van der Waals surface area contributed by atoms with Crippen LogP contribution in [-0.4, -0.2) is 9.97 Å². The molecule has 0 saturated heterocycles. The van der Waals surface area contributed by atoms with E-state index in [1.807, 2.05) is 18.2 Å². The Balaban J connectivity index is 2.15. The maximum Gasteiger partial charge on any atom is 0.158 e. The van der Waals surface area contributed by atoms with Crippen molar-refractivity contribution >= 4 is 11.8 Å². The van der Waals surface area contributed by atoms with Crippen LogP contribution >= 0.6 is 11.8 Å². The van der Waals surface area contributed by atoms with Gasteiger partial charge in [-0.1, -0.05) is 29.5 Å². The molecule has 0 N–H and O–H groups in total. The van der Waals surface area contributed by atoms with Crippen LogP contribution in [0.4, 0.5) is 0 Å². The van der Waals surface area contributed by atoms with E-state index >= 15 is 0 Å². The number of nitriles is 1. The molecule has 16 heavy (non-hydrogen) atoms. The zero-order chi connectivity index (χ0) is 11.4. The minimum atomic E-state index is 0.341. The van der Waals surface area contributed by atoms with Gasteiger partial charge in [0.05, 0.1) is 12.4 Å². The summed E-state index contributed by atoms with van der Waals surface area (Å²) in [6, 6.07) is 10.1. The van der Waals surface area contributed by atoms with Gasteiger partial charge in [0.25, 0.3) is 0 Å². The van der Waals surface area contributed by atoms with Crippen molar-refractivity contribution in [2.45, 2.75) is 16.8 Å². The van der Waals surface area contributed by atoms with Gasteiger partial charge in [-0.15, -0.1) is 0 Å². The molecule has 0 unspecified atom stereocenters. The number of benzene rings is 1. The van der Waals surface area contributed by atoms with Gasteiger partial charge < -0.3 is 0 Å². The largest absolute Gasteiger partial charge is 0.245 e. The van der Waals surface area contributed by atoms with Gasteiger partial charge in [0.1, 0.15) is 11.1 Å². The highest BCUT2D eigenvalue weighted by Gasteiger charge is 1.99. The quantitative estimate of drug-likeness (QED) is 0.791. The van der Waals surface area contributed by atoms with Crippen molar-refractivity contribution in [3.05, 3.63) is 47.9 Å². The Bertz CT molecular complexity index is 511. The maximum absolute atomic E-state index is 8.59. The summed E-state index contributed by atoms with van der Waals surface area (Å²) in [6.45, 7) is 2.05. The molecule has 0 radical (unpaired) electrons. The third-order valence-corrected chi connectivity index (χ3v) is 2.91. The first kappa shape index (κ1) is 10.7. The molecule has 0 aliphatic rings. The number of rotatable bonds is 2. The Hall–Kier alpha value is -1.86. The highest BCUT2D eigenvalue weighted by molar-refractivity contribution is 7.99. The molecule has 0 spiro atoms. The molecule has 0 saturated carbocycles. The van der Waals surface area contributed by atoms with E-state index in [2.05, 4.69) is 29.0 Å². The minimum absolute atomic E-state index is 0.341. The van der Waals surface area contributed by atoms with Crippen LogP contribution in [0.2, 0.25) is 0 Å². The van der Waals surface area contributed by atoms with E-state index in [0.29, 0.717) is 5.69 Å². The van der Waals surface area contributed by atoms with Crippen LogP contribution in [0.15, 0.2) is 46.6 Å². The average Bonchev–Trinajstić information content (AvgIpc) is 2.33. The molecule has 2 aromatic rings. The smallest absolute Gasteiger partial charge is 0.158 e. The van der Waals surface area contributed by atoms with Crippen molar-refractivity contribution in [1.82, 2.24) is 9.97 Å². The lowest BCUT2D eigenvalue weighted by atomic mass is 10.2. The second-order valence-electron chi connectivity index (χ2n) is 3.27. The summed E-state index contributed by atoms with van der Waals surface area (Å²) >= 11 is 1.53. The molecule has 1 aromatic heterocycles. The normalized spacial score (nSPS) is 9.75. The van der Waals surface area contributed by atoms with Gasteiger partial charge >= 0.3 is 0 Å². The van der Waals surface area contributed by atoms with E-state index < -0.39 is 0 Å². The Morgan fingerprint density at radius 2 is 1.88 bits per heavy atom. The summed E-state index contributed by atoms with van der Waals surface area (Å²) in [5.41, 5.74) is 1.57. The van der Waals surface area contributed by atoms with E-state index in [1.54, 1.807) is 6.20 Å². The molecule has 2 rings (SSSR count). The van der Waals surface area contributed by atoms with Crippen molar-refractivity contribution in [3.8, 4) is 6.07 Å². The Morgan fingerprint density at radius 1 is 1.12 bits per heavy atom. The third-order valence-electron chi connectivity index (χ3n) is 1.99. The second-order valence-corrected chi connectivity index (χ2v) is 4.36. The molecule has 78 valence electrons. The predicted molar refractivity (Wildman–Crippen MR) is 62.0 cm³/mol. The first-order valence-corrected chi connectivity index (χ1v) is 5.56. The van der Waals surface area contributed by atoms with Crippen molar-refractivity contribution in [3.63, 3.8) is 0 Å². The zero-order valence-electron chi connectivity index (χ0n) is 8.71. The fourth-order valence-corrected chi connectivity index (χ4v) is 1.88. The molecule has 3 nitrogen and oxygen atoms in total. The summed E-state index contributed by atoms with van der Waals surface area (Å²) in [4.78, 5) is 9.23. The molecule has 1 heterocycles. The number of aromatic nitrogens is 2. The number of hydrogen-bond acceptors (Lipinski definition) is 4. The molecule has 0 aliphatic heterocycles. The Morgan fingerprint density at radius 3 is 2.44 bits per heavy atom. The van der Waals surface area contributed by atoms with Crippen LogP contribution in [0, 0.1) is 18.3 Å². The van der Waals surface area contributed by atoms with Gasteiger partial charge in [0, 0.05) is 4.90 Å². The number of hydrogen-bond donors (Lipinski definition) is 0. The molecular formula is C12H9N3S. The topological polar surface area (TPSA) is 49.6 Å². The van der Waals surface area contributed by atoms with Crippen LogP contribution in [-0.2, 0) is 0 Å². The highest BCUT2D eigenvalue weighted by atomic mass is 32.2. The molecule has 0 amide bonds. The molecular weight excluding hydrogens is 218 g/mol. The van der Waals surface area contributed by atoms with Crippen LogP contribution in [0.5, 0.6) is 0 Å². The van der Waals surface area contributed by atoms with Gasteiger partial charge in [-0.05, 0) is 19.1 Å². The van der Waals surface area contributed by atoms with E-state index in [0.717, 1.165) is 9.92 Å². The minimum Gasteiger partial charge on any atom is -0.245 e. The van der Waals surface area contributed by atoms with Gasteiger partial charge in [0.2, 0.25) is 0 Å². The van der Waals surface area contributed by atoms with E-state index in [9.17, 15) is 0 Å². The summed E-state index contributed by atoms with van der Waals surface area (Å²) < 4.78 is 0. The zero-order valence-corrected chi connectivity index (χ0v) is 9.53. The molecule has 4 heteroatoms. The van der Waals surface area contributed by atoms with Gasteiger partial charge in [-0.3, -0.25) is 0 Å². The fourth-order valence-electron chi connectivity index (χ4n) is 1.15. The van der Waals surface area contributed by atoms with Crippen molar-refractivity contribution < 1.29 is 0 Å². The summed E-state index contributed by atoms with van der Waals surface area (Å²) in [5, 5.41) is 9.38. The van der Waals surface area contributed by atoms with Crippen LogP contribution < -0.4 is 0 Å². The van der Waals surface area contributed by atoms with Gasteiger partial charge in [-0.2, -0.15) is 5.26 Å². The van der Waals surface area contributed by atoms with Gasteiger partial charge in [0.15, 0.2) is 5.69 Å². The van der Waals surface area contributed by atoms with Gasteiger partial charge in [-0.25, -0.2) is 9.97 Å². The molecule has 0 aliphatic carbocycles. The first-order chi connectivity index (χ1) is 7.78. The van der Waals surface area contributed by atoms with Crippen molar-refractivity contribution in [1.29, 1.82) is 5.26 Å². The molecule has 1 aromatic carbocycles. The molecule has 0 fully saturated rings. The molecule has 0 bridgehead atoms. The lowest BCUT2D eigenvalue weighted by molar-refractivity contribution is 1.04. The Kier molecular flexibility index (Phi) is 3.18. The second kappa shape index (κ2) is 4.77. The standard InChI is InChI=1S/C12H9N3S/c1-9-2-4-11(5-3-9)16-12-8-14-10(6-13)7-15-12/h2-5,7-8H,1H3. The predicted octanol–water partition coefficient (Wildman–Crippen LogP) is 2.81. The lowest BCUT2D eigenvalue weighted by Gasteiger charge is -2.00. The van der Waals surface area contributed by atoms with E-state index in [4.69, 9.17) is 5.26 Å². The Labute approximate surface area is 98.2 Å². The third kappa shape index (κ3) is 2.59. The van der Waals surface area contributed by atoms with Crippen LogP contribution in [0.3, 0.4) is 0 Å². The SMILES string of the molecule is Cc1ccc(Sc2cnc(C#N)cn2)cc1. The summed E-state index contributed by atoms with van der Waals surface area (Å²) in [5.74, 6) is 0. The lowest BCUT2D eigenvalue weighted by Crippen LogP contribution is -1.86. The highest BCUT2D eigenvalue weighted by Crippen LogP contribution is 2.25. The monoisotopic (exact) mass is 227 g/mol. The number of aryl methyl sites for hydroxylation is 1. The van der Waals surface area contributed by atoms with E-state index in [1.165, 1.54) is 23.5 Å². The average molecular weight is 227 g/mol. The van der Waals surface area contributed by atoms with E-state index in [-0.39, 0.29) is 0 Å². The van der Waals surface area contributed by atoms with Crippen LogP contribution in [0.25, 0.3) is 0 Å². The fraction of sp³-hybridized carbons (Fsp3) is 0.0833. The number of nitrogens with zero attached hydrogens (tertiary/aromatic N) is 3. The van der Waals surface area contributed by atoms with Crippen molar-refractivity contribution in [2.24, 2.45) is 0 Å². The summed E-state index contributed by atoms with van der Waals surface area (Å²) in [7, 11) is 0. The van der Waals surface area contributed by atoms with Crippen LogP contribution in [0.1, 0.15) is 11.3 Å². The molecule has 0 atom stereocenters. The van der Waals surface area contributed by atoms with Crippen molar-refractivity contribution in [2.75, 3.05) is 0 Å². The maximum atomic E-state index is 8.59.